The fourth-order valence-electron chi connectivity index (χ4n) is 4.58. The van der Waals surface area contributed by atoms with Gasteiger partial charge in [-0.25, -0.2) is 3.97 Å². The van der Waals surface area contributed by atoms with Crippen LogP contribution in [0.4, 0.5) is 0 Å². The van der Waals surface area contributed by atoms with Crippen molar-refractivity contribution in [3.8, 4) is 5.75 Å². The largest absolute Gasteiger partial charge is 0.494 e. The van der Waals surface area contributed by atoms with Crippen LogP contribution in [0, 0.1) is 0 Å². The maximum atomic E-state index is 13.5. The summed E-state index contributed by atoms with van der Waals surface area (Å²) in [4.78, 5) is 16.0. The molecule has 1 heterocycles. The summed E-state index contributed by atoms with van der Waals surface area (Å²) in [5.41, 5.74) is 2.17. The summed E-state index contributed by atoms with van der Waals surface area (Å²) in [6.45, 7) is 10.3. The number of carbonyl (C=O) groups is 1. The van der Waals surface area contributed by atoms with Gasteiger partial charge >= 0.3 is 10.2 Å². The summed E-state index contributed by atoms with van der Waals surface area (Å²) in [7, 11) is -0.707. The number of carbonyl (C=O) groups excluding carboxylic acids is 1. The van der Waals surface area contributed by atoms with Crippen LogP contribution in [-0.2, 0) is 16.6 Å². The zero-order valence-corrected chi connectivity index (χ0v) is 24.4. The summed E-state index contributed by atoms with van der Waals surface area (Å²) in [6.07, 6.45) is 6.35. The van der Waals surface area contributed by atoms with E-state index < -0.39 is 10.2 Å². The van der Waals surface area contributed by atoms with E-state index in [4.69, 9.17) is 4.74 Å². The van der Waals surface area contributed by atoms with Crippen LogP contribution < -0.4 is 4.74 Å². The molecule has 0 aliphatic carbocycles. The van der Waals surface area contributed by atoms with Gasteiger partial charge in [-0.05, 0) is 75.2 Å². The van der Waals surface area contributed by atoms with Crippen molar-refractivity contribution in [2.75, 3.05) is 40.3 Å². The van der Waals surface area contributed by atoms with Crippen LogP contribution in [0.15, 0.2) is 48.5 Å². The Morgan fingerprint density at radius 2 is 1.53 bits per heavy atom. The van der Waals surface area contributed by atoms with Gasteiger partial charge in [-0.1, -0.05) is 45.7 Å². The second kappa shape index (κ2) is 13.9. The van der Waals surface area contributed by atoms with Crippen LogP contribution in [0.5, 0.6) is 5.75 Å². The van der Waals surface area contributed by atoms with Crippen molar-refractivity contribution in [3.05, 3.63) is 65.4 Å². The van der Waals surface area contributed by atoms with Crippen molar-refractivity contribution >= 4 is 26.9 Å². The molecular weight excluding hydrogens is 498 g/mol. The lowest BCUT2D eigenvalue weighted by molar-refractivity contribution is 0.104. The third kappa shape index (κ3) is 7.04. The quantitative estimate of drug-likeness (QED) is 0.170. The van der Waals surface area contributed by atoms with E-state index in [1.165, 1.54) is 48.1 Å². The number of aromatic nitrogens is 1. The van der Waals surface area contributed by atoms with Crippen LogP contribution in [0.2, 0.25) is 0 Å². The maximum absolute atomic E-state index is 13.5. The van der Waals surface area contributed by atoms with Crippen molar-refractivity contribution in [3.63, 3.8) is 0 Å². The van der Waals surface area contributed by atoms with Gasteiger partial charge < -0.3 is 9.64 Å². The highest BCUT2D eigenvalue weighted by molar-refractivity contribution is 7.87. The number of fused-ring (bicyclic) bond motifs is 1. The van der Waals surface area contributed by atoms with Gasteiger partial charge in [0.2, 0.25) is 0 Å². The molecule has 0 amide bonds. The molecular formula is C30H43N3O4S. The van der Waals surface area contributed by atoms with Gasteiger partial charge in [0.05, 0.1) is 12.1 Å². The zero-order chi connectivity index (χ0) is 27.7. The van der Waals surface area contributed by atoms with E-state index in [-0.39, 0.29) is 5.78 Å². The molecule has 8 heteroatoms. The van der Waals surface area contributed by atoms with E-state index in [0.29, 0.717) is 40.8 Å². The van der Waals surface area contributed by atoms with E-state index in [2.05, 4.69) is 18.7 Å². The molecule has 0 saturated heterocycles. The first kappa shape index (κ1) is 29.9. The summed E-state index contributed by atoms with van der Waals surface area (Å²) in [5, 5.41) is 0.635. The Bertz CT molecular complexity index is 1290. The van der Waals surface area contributed by atoms with Crippen LogP contribution in [0.1, 0.15) is 74.5 Å². The number of nitrogens with zero attached hydrogens (tertiary/aromatic N) is 3. The third-order valence-electron chi connectivity index (χ3n) is 6.83. The number of unbranched alkanes of at least 4 members (excludes halogenated alkanes) is 2. The predicted octanol–water partition coefficient (Wildman–Crippen LogP) is 5.76. The van der Waals surface area contributed by atoms with Crippen LogP contribution in [-0.4, -0.2) is 67.7 Å². The molecule has 2 aromatic carbocycles. The fraction of sp³-hybridized carbons (Fsp3) is 0.500. The van der Waals surface area contributed by atoms with E-state index in [9.17, 15) is 13.2 Å². The third-order valence-corrected chi connectivity index (χ3v) is 8.65. The van der Waals surface area contributed by atoms with Crippen LogP contribution >= 0.6 is 0 Å². The summed E-state index contributed by atoms with van der Waals surface area (Å²) in [6, 6.07) is 14.3. The zero-order valence-electron chi connectivity index (χ0n) is 23.6. The van der Waals surface area contributed by atoms with Crippen molar-refractivity contribution in [2.45, 2.75) is 59.3 Å². The Kier molecular flexibility index (Phi) is 10.9. The Morgan fingerprint density at radius 1 is 0.895 bits per heavy atom. The minimum Gasteiger partial charge on any atom is -0.494 e. The Hall–Kier alpha value is -2.68. The average Bonchev–Trinajstić information content (AvgIpc) is 3.31. The Balaban J connectivity index is 1.71. The second-order valence-corrected chi connectivity index (χ2v) is 11.9. The average molecular weight is 542 g/mol. The molecule has 0 N–H and O–H groups in total. The molecule has 0 radical (unpaired) electrons. The SMILES string of the molecule is CCCCN(CCCC)CCCOc1ccc(C(=O)c2cccc3c2cc(CC)n3S(=O)(=O)N(C)C)cc1. The Morgan fingerprint density at radius 3 is 2.11 bits per heavy atom. The molecule has 0 aliphatic heterocycles. The number of ether oxygens (including phenoxy) is 1. The number of benzene rings is 2. The minimum atomic E-state index is -3.72. The highest BCUT2D eigenvalue weighted by atomic mass is 32.2. The lowest BCUT2D eigenvalue weighted by Crippen LogP contribution is -2.29. The van der Waals surface area contributed by atoms with Gasteiger partial charge in [-0.2, -0.15) is 12.7 Å². The molecule has 0 atom stereocenters. The molecule has 0 unspecified atom stereocenters. The van der Waals surface area contributed by atoms with Crippen LogP contribution in [0.25, 0.3) is 10.9 Å². The topological polar surface area (TPSA) is 71.8 Å². The molecule has 0 fully saturated rings. The van der Waals surface area contributed by atoms with Crippen LogP contribution in [0.3, 0.4) is 0 Å². The Labute approximate surface area is 228 Å². The monoisotopic (exact) mass is 541 g/mol. The van der Waals surface area contributed by atoms with Crippen molar-refractivity contribution in [1.82, 2.24) is 13.2 Å². The fourth-order valence-corrected chi connectivity index (χ4v) is 5.79. The smallest absolute Gasteiger partial charge is 0.307 e. The lowest BCUT2D eigenvalue weighted by atomic mass is 10.00. The highest BCUT2D eigenvalue weighted by Crippen LogP contribution is 2.28. The van der Waals surface area contributed by atoms with Gasteiger partial charge in [-0.15, -0.1) is 0 Å². The summed E-state index contributed by atoms with van der Waals surface area (Å²) < 4.78 is 34.5. The number of ketones is 1. The van der Waals surface area contributed by atoms with Gasteiger partial charge in [0.15, 0.2) is 5.78 Å². The molecule has 0 saturated carbocycles. The number of hydrogen-bond donors (Lipinski definition) is 0. The van der Waals surface area contributed by atoms with E-state index >= 15 is 0 Å². The van der Waals surface area contributed by atoms with E-state index in [0.717, 1.165) is 31.8 Å². The number of hydrogen-bond acceptors (Lipinski definition) is 5. The van der Waals surface area contributed by atoms with E-state index in [1.807, 2.05) is 25.1 Å². The van der Waals surface area contributed by atoms with Gasteiger partial charge in [-0.3, -0.25) is 4.79 Å². The normalized spacial score (nSPS) is 12.1. The standard InChI is InChI=1S/C30H43N3O4S/c1-6-9-19-32(20-10-7-2)21-12-22-37-26-17-15-24(16-18-26)30(34)27-13-11-14-29-28(27)23-25(8-3)33(29)38(35,36)31(4)5/h11,13-18,23H,6-10,12,19-22H2,1-5H3. The first-order chi connectivity index (χ1) is 18.2. The second-order valence-electron chi connectivity index (χ2n) is 9.89. The van der Waals surface area contributed by atoms with Crippen molar-refractivity contribution in [2.24, 2.45) is 0 Å². The van der Waals surface area contributed by atoms with Gasteiger partial charge in [0.25, 0.3) is 0 Å². The molecule has 38 heavy (non-hydrogen) atoms. The molecule has 0 spiro atoms. The highest BCUT2D eigenvalue weighted by Gasteiger charge is 2.24. The first-order valence-electron chi connectivity index (χ1n) is 13.8. The molecule has 208 valence electrons. The maximum Gasteiger partial charge on any atom is 0.307 e. The van der Waals surface area contributed by atoms with Crippen molar-refractivity contribution < 1.29 is 17.9 Å². The summed E-state index contributed by atoms with van der Waals surface area (Å²) in [5.74, 6) is 0.594. The van der Waals surface area contributed by atoms with Crippen molar-refractivity contribution in [1.29, 1.82) is 0 Å². The first-order valence-corrected chi connectivity index (χ1v) is 15.2. The summed E-state index contributed by atoms with van der Waals surface area (Å²) >= 11 is 0. The predicted molar refractivity (Wildman–Crippen MR) is 156 cm³/mol. The molecule has 0 bridgehead atoms. The molecule has 3 aromatic rings. The van der Waals surface area contributed by atoms with Gasteiger partial charge in [0.1, 0.15) is 5.75 Å². The lowest BCUT2D eigenvalue weighted by Gasteiger charge is -2.21. The molecule has 0 aliphatic rings. The molecule has 1 aromatic heterocycles. The number of aryl methyl sites for hydroxylation is 1. The van der Waals surface area contributed by atoms with E-state index in [1.54, 1.807) is 30.3 Å². The van der Waals surface area contributed by atoms with Gasteiger partial charge in [0, 0.05) is 42.8 Å². The molecule has 3 rings (SSSR count). The minimum absolute atomic E-state index is 0.147. The number of rotatable bonds is 16. The molecule has 7 nitrogen and oxygen atoms in total.